The number of aromatic nitrogens is 1. The first-order valence-corrected chi connectivity index (χ1v) is 4.04. The summed E-state index contributed by atoms with van der Waals surface area (Å²) in [4.78, 5) is 9.84. The van der Waals surface area contributed by atoms with E-state index in [1.165, 1.54) is 13.4 Å². The van der Waals surface area contributed by atoms with Crippen LogP contribution in [0.1, 0.15) is 18.6 Å². The van der Waals surface area contributed by atoms with Crippen molar-refractivity contribution in [3.8, 4) is 5.88 Å². The van der Waals surface area contributed by atoms with Gasteiger partial charge in [0.25, 0.3) is 12.4 Å². The summed E-state index contributed by atoms with van der Waals surface area (Å²) in [6.07, 6.45) is 2.97. The lowest BCUT2D eigenvalue weighted by atomic mass is 10.1. The van der Waals surface area contributed by atoms with E-state index in [2.05, 4.69) is 9.89 Å². The topological polar surface area (TPSA) is 61.6 Å². The van der Waals surface area contributed by atoms with Crippen LogP contribution in [-0.2, 0) is 9.53 Å². The Morgan fingerprint density at radius 3 is 3.00 bits per heavy atom. The Kier molecular flexibility index (Phi) is 3.72. The molecule has 76 valence electrons. The maximum Gasteiger partial charge on any atom is 0.297 e. The van der Waals surface area contributed by atoms with Crippen molar-refractivity contribution >= 4 is 6.47 Å². The summed E-state index contributed by atoms with van der Waals surface area (Å²) in [5.74, 6) is 1.05. The summed E-state index contributed by atoms with van der Waals surface area (Å²) < 4.78 is 14.2. The summed E-state index contributed by atoms with van der Waals surface area (Å²) in [5.41, 5.74) is 0. The molecule has 0 aliphatic rings. The van der Waals surface area contributed by atoms with Crippen LogP contribution in [0.3, 0.4) is 0 Å². The van der Waals surface area contributed by atoms with Crippen LogP contribution in [0.15, 0.2) is 22.9 Å². The van der Waals surface area contributed by atoms with E-state index in [9.17, 15) is 4.79 Å². The van der Waals surface area contributed by atoms with Gasteiger partial charge in [-0.05, 0) is 11.2 Å². The van der Waals surface area contributed by atoms with Crippen LogP contribution in [0, 0.1) is 0 Å². The Bertz CT molecular complexity index is 318. The number of hydrogen-bond donors (Lipinski definition) is 0. The molecule has 1 aromatic heterocycles. The monoisotopic (exact) mass is 197 g/mol. The van der Waals surface area contributed by atoms with Gasteiger partial charge in [0, 0.05) is 12.0 Å². The van der Waals surface area contributed by atoms with Crippen molar-refractivity contribution in [3.63, 3.8) is 0 Å². The first-order chi connectivity index (χ1) is 6.77. The second kappa shape index (κ2) is 5.06. The number of nitrogens with zero attached hydrogens (tertiary/aromatic N) is 1. The molecule has 5 nitrogen and oxygen atoms in total. The number of carbonyl (C=O) groups is 1. The van der Waals surface area contributed by atoms with E-state index in [4.69, 9.17) is 9.26 Å². The van der Waals surface area contributed by atoms with Crippen LogP contribution < -0.4 is 4.74 Å². The molecule has 0 aliphatic carbocycles. The SMILES string of the molecule is COc1cc(C(C)/C=C\OC=O)on1. The Balaban J connectivity index is 2.59. The van der Waals surface area contributed by atoms with E-state index < -0.39 is 0 Å². The normalized spacial score (nSPS) is 12.7. The number of allylic oxidation sites excluding steroid dienone is 1. The first-order valence-electron chi connectivity index (χ1n) is 4.04. The highest BCUT2D eigenvalue weighted by atomic mass is 16.5. The van der Waals surface area contributed by atoms with Gasteiger partial charge in [0.15, 0.2) is 0 Å². The minimum atomic E-state index is -0.0219. The van der Waals surface area contributed by atoms with Crippen molar-refractivity contribution < 1.29 is 18.8 Å². The van der Waals surface area contributed by atoms with Crippen molar-refractivity contribution in [1.82, 2.24) is 5.16 Å². The van der Waals surface area contributed by atoms with E-state index in [1.807, 2.05) is 6.92 Å². The van der Waals surface area contributed by atoms with Crippen molar-refractivity contribution in [2.75, 3.05) is 7.11 Å². The van der Waals surface area contributed by atoms with E-state index in [0.717, 1.165) is 0 Å². The van der Waals surface area contributed by atoms with Gasteiger partial charge in [0.2, 0.25) is 0 Å². The molecule has 1 heterocycles. The molecule has 0 fully saturated rings. The number of carbonyl (C=O) groups excluding carboxylic acids is 1. The summed E-state index contributed by atoms with van der Waals surface area (Å²) in [6, 6.07) is 1.68. The summed E-state index contributed by atoms with van der Waals surface area (Å²) in [7, 11) is 1.51. The van der Waals surface area contributed by atoms with Crippen LogP contribution in [0.25, 0.3) is 0 Å². The zero-order chi connectivity index (χ0) is 10.4. The molecule has 14 heavy (non-hydrogen) atoms. The lowest BCUT2D eigenvalue weighted by Crippen LogP contribution is -1.86. The third kappa shape index (κ3) is 2.62. The molecule has 0 bridgehead atoms. The van der Waals surface area contributed by atoms with Crippen LogP contribution in [0.5, 0.6) is 5.88 Å². The standard InChI is InChI=1S/C9H11NO4/c1-7(3-4-13-6-11)8-5-9(12-2)10-14-8/h3-7H,1-2H3/b4-3-. The molecular formula is C9H11NO4. The van der Waals surface area contributed by atoms with Gasteiger partial charge in [-0.15, -0.1) is 0 Å². The molecular weight excluding hydrogens is 186 g/mol. The maximum atomic E-state index is 9.84. The van der Waals surface area contributed by atoms with Gasteiger partial charge < -0.3 is 14.0 Å². The van der Waals surface area contributed by atoms with Crippen molar-refractivity contribution in [3.05, 3.63) is 24.2 Å². The largest absolute Gasteiger partial charge is 0.479 e. The van der Waals surface area contributed by atoms with Crippen LogP contribution in [-0.4, -0.2) is 18.7 Å². The first kappa shape index (κ1) is 10.3. The average molecular weight is 197 g/mol. The van der Waals surface area contributed by atoms with Crippen LogP contribution >= 0.6 is 0 Å². The van der Waals surface area contributed by atoms with Crippen molar-refractivity contribution in [1.29, 1.82) is 0 Å². The van der Waals surface area contributed by atoms with Gasteiger partial charge >= 0.3 is 0 Å². The molecule has 0 saturated carbocycles. The fraction of sp³-hybridized carbons (Fsp3) is 0.333. The number of hydrogen-bond acceptors (Lipinski definition) is 5. The van der Waals surface area contributed by atoms with Crippen LogP contribution in [0.2, 0.25) is 0 Å². The Hall–Kier alpha value is -1.78. The van der Waals surface area contributed by atoms with Gasteiger partial charge in [-0.2, -0.15) is 0 Å². The predicted molar refractivity (Wildman–Crippen MR) is 47.8 cm³/mol. The third-order valence-corrected chi connectivity index (χ3v) is 1.67. The molecule has 0 aromatic carbocycles. The van der Waals surface area contributed by atoms with Crippen molar-refractivity contribution in [2.45, 2.75) is 12.8 Å². The smallest absolute Gasteiger partial charge is 0.297 e. The average Bonchev–Trinajstić information content (AvgIpc) is 2.66. The zero-order valence-corrected chi connectivity index (χ0v) is 7.97. The zero-order valence-electron chi connectivity index (χ0n) is 7.97. The Morgan fingerprint density at radius 2 is 2.43 bits per heavy atom. The molecule has 0 amide bonds. The quantitative estimate of drug-likeness (QED) is 0.528. The second-order valence-electron chi connectivity index (χ2n) is 2.62. The van der Waals surface area contributed by atoms with Gasteiger partial charge in [0.05, 0.1) is 13.4 Å². The highest BCUT2D eigenvalue weighted by Crippen LogP contribution is 2.20. The summed E-state index contributed by atoms with van der Waals surface area (Å²) >= 11 is 0. The maximum absolute atomic E-state index is 9.84. The molecule has 0 radical (unpaired) electrons. The highest BCUT2D eigenvalue weighted by Gasteiger charge is 2.09. The van der Waals surface area contributed by atoms with Gasteiger partial charge in [0.1, 0.15) is 5.76 Å². The van der Waals surface area contributed by atoms with Gasteiger partial charge in [-0.25, -0.2) is 0 Å². The molecule has 0 aliphatic heterocycles. The molecule has 1 atom stereocenters. The highest BCUT2D eigenvalue weighted by molar-refractivity contribution is 5.38. The fourth-order valence-corrected chi connectivity index (χ4v) is 0.873. The van der Waals surface area contributed by atoms with Gasteiger partial charge in [-0.1, -0.05) is 6.92 Å². The number of methoxy groups -OCH3 is 1. The third-order valence-electron chi connectivity index (χ3n) is 1.67. The van der Waals surface area contributed by atoms with Gasteiger partial charge in [-0.3, -0.25) is 4.79 Å². The predicted octanol–water partition coefficient (Wildman–Crippen LogP) is 1.47. The summed E-state index contributed by atoms with van der Waals surface area (Å²) in [6.45, 7) is 2.23. The molecule has 1 aromatic rings. The van der Waals surface area contributed by atoms with E-state index in [1.54, 1.807) is 12.1 Å². The number of ether oxygens (including phenoxy) is 2. The second-order valence-corrected chi connectivity index (χ2v) is 2.62. The minimum Gasteiger partial charge on any atom is -0.479 e. The molecule has 1 rings (SSSR count). The lowest BCUT2D eigenvalue weighted by Gasteiger charge is -1.97. The summed E-state index contributed by atoms with van der Waals surface area (Å²) in [5, 5.41) is 3.64. The van der Waals surface area contributed by atoms with Crippen LogP contribution in [0.4, 0.5) is 0 Å². The Morgan fingerprint density at radius 1 is 1.64 bits per heavy atom. The lowest BCUT2D eigenvalue weighted by molar-refractivity contribution is -0.123. The Labute approximate surface area is 81.3 Å². The fourth-order valence-electron chi connectivity index (χ4n) is 0.873. The van der Waals surface area contributed by atoms with E-state index >= 15 is 0 Å². The molecule has 5 heteroatoms. The van der Waals surface area contributed by atoms with E-state index in [-0.39, 0.29) is 5.92 Å². The minimum absolute atomic E-state index is 0.0219. The molecule has 1 unspecified atom stereocenters. The molecule has 0 N–H and O–H groups in total. The molecule has 0 spiro atoms. The van der Waals surface area contributed by atoms with Crippen molar-refractivity contribution in [2.24, 2.45) is 0 Å². The molecule has 0 saturated heterocycles. The number of rotatable bonds is 5. The van der Waals surface area contributed by atoms with E-state index in [0.29, 0.717) is 18.1 Å².